The van der Waals surface area contributed by atoms with Gasteiger partial charge in [-0.25, -0.2) is 0 Å². The largest absolute Gasteiger partial charge is 0.497 e. The summed E-state index contributed by atoms with van der Waals surface area (Å²) < 4.78 is 10.8. The number of hydrogen-bond acceptors (Lipinski definition) is 6. The van der Waals surface area contributed by atoms with Crippen molar-refractivity contribution in [2.75, 3.05) is 24.0 Å². The summed E-state index contributed by atoms with van der Waals surface area (Å²) in [5.41, 5.74) is 10.8. The van der Waals surface area contributed by atoms with Crippen molar-refractivity contribution < 1.29 is 9.47 Å². The molecule has 0 aliphatic rings. The van der Waals surface area contributed by atoms with Crippen molar-refractivity contribution in [3.63, 3.8) is 0 Å². The highest BCUT2D eigenvalue weighted by molar-refractivity contribution is 5.98. The maximum atomic E-state index is 10.4. The third kappa shape index (κ3) is 8.36. The van der Waals surface area contributed by atoms with Gasteiger partial charge in [0.25, 0.3) is 0 Å². The Morgan fingerprint density at radius 3 is 1.23 bits per heavy atom. The van der Waals surface area contributed by atoms with Crippen LogP contribution in [0.2, 0.25) is 0 Å². The Labute approximate surface area is 351 Å². The van der Waals surface area contributed by atoms with Crippen LogP contribution >= 0.6 is 0 Å². The fourth-order valence-corrected chi connectivity index (χ4v) is 7.27. The van der Waals surface area contributed by atoms with E-state index >= 15 is 0 Å². The molecule has 8 rings (SSSR count). The minimum atomic E-state index is 0.510. The quantitative estimate of drug-likeness (QED) is 0.115. The Morgan fingerprint density at radius 1 is 0.400 bits per heavy atom. The molecule has 0 amide bonds. The fraction of sp³-hybridized carbons (Fsp3) is 0.0370. The van der Waals surface area contributed by atoms with Crippen LogP contribution in [-0.2, 0) is 0 Å². The molecule has 0 fully saturated rings. The lowest BCUT2D eigenvalue weighted by molar-refractivity contribution is 0.414. The van der Waals surface area contributed by atoms with E-state index in [9.17, 15) is 10.5 Å². The topological polar surface area (TPSA) is 72.5 Å². The van der Waals surface area contributed by atoms with Crippen molar-refractivity contribution in [3.8, 4) is 23.6 Å². The lowest BCUT2D eigenvalue weighted by Gasteiger charge is -2.25. The summed E-state index contributed by atoms with van der Waals surface area (Å²) in [7, 11) is 3.33. The van der Waals surface area contributed by atoms with Gasteiger partial charge in [-0.3, -0.25) is 0 Å². The van der Waals surface area contributed by atoms with Gasteiger partial charge in [0.1, 0.15) is 17.6 Å². The first-order chi connectivity index (χ1) is 29.5. The van der Waals surface area contributed by atoms with Crippen LogP contribution in [0.25, 0.3) is 35.1 Å². The summed E-state index contributed by atoms with van der Waals surface area (Å²) >= 11 is 0. The van der Waals surface area contributed by atoms with E-state index in [4.69, 9.17) is 9.47 Å². The van der Waals surface area contributed by atoms with Crippen LogP contribution in [0.3, 0.4) is 0 Å². The van der Waals surface area contributed by atoms with Gasteiger partial charge >= 0.3 is 0 Å². The van der Waals surface area contributed by atoms with Crippen LogP contribution in [0.1, 0.15) is 33.4 Å². The number of nitrogens with zero attached hydrogens (tertiary/aromatic N) is 4. The predicted molar refractivity (Wildman–Crippen MR) is 247 cm³/mol. The van der Waals surface area contributed by atoms with Gasteiger partial charge in [-0.15, -0.1) is 0 Å². The standard InChI is InChI=1S/C54H40N4O2/c1-59-50-30-26-48(27-31-50)57(44-9-5-3-6-10-44)46-22-16-39(17-23-46)13-14-41-20-34-52-53(35-41)43(37-55)36-42(54(52)38-56)21-15-40-18-24-47(25-19-40)58(45-11-7-4-8-12-45)49-28-32-51(60-2)33-29-49/h3-36H,1-2H3. The van der Waals surface area contributed by atoms with Crippen molar-refractivity contribution in [3.05, 3.63) is 215 Å². The van der Waals surface area contributed by atoms with E-state index < -0.39 is 0 Å². The molecule has 0 radical (unpaired) electrons. The summed E-state index contributed by atoms with van der Waals surface area (Å²) in [6, 6.07) is 65.7. The molecule has 8 aromatic carbocycles. The summed E-state index contributed by atoms with van der Waals surface area (Å²) in [5.74, 6) is 1.60. The Hall–Kier alpha value is -8.32. The predicted octanol–water partition coefficient (Wildman–Crippen LogP) is 13.9. The molecule has 0 unspecified atom stereocenters. The van der Waals surface area contributed by atoms with Crippen molar-refractivity contribution >= 4 is 69.2 Å². The number of rotatable bonds is 12. The minimum absolute atomic E-state index is 0.510. The Morgan fingerprint density at radius 2 is 0.800 bits per heavy atom. The van der Waals surface area contributed by atoms with Gasteiger partial charge in [-0.1, -0.05) is 97.1 Å². The maximum absolute atomic E-state index is 10.4. The van der Waals surface area contributed by atoms with Crippen LogP contribution in [0.15, 0.2) is 182 Å². The average molecular weight is 777 g/mol. The Bertz CT molecular complexity index is 2870. The van der Waals surface area contributed by atoms with E-state index in [2.05, 4.69) is 113 Å². The van der Waals surface area contributed by atoms with Crippen molar-refractivity contribution in [1.82, 2.24) is 0 Å². The zero-order chi connectivity index (χ0) is 41.3. The van der Waals surface area contributed by atoms with Gasteiger partial charge in [0.15, 0.2) is 0 Å². The molecule has 0 saturated carbocycles. The number of anilines is 6. The number of hydrogen-bond donors (Lipinski definition) is 0. The number of para-hydroxylation sites is 2. The smallest absolute Gasteiger partial charge is 0.119 e. The zero-order valence-electron chi connectivity index (χ0n) is 33.2. The van der Waals surface area contributed by atoms with Crippen LogP contribution in [-0.4, -0.2) is 14.2 Å². The molecule has 0 N–H and O–H groups in total. The fourth-order valence-electron chi connectivity index (χ4n) is 7.27. The summed E-state index contributed by atoms with van der Waals surface area (Å²) in [6.07, 6.45) is 7.98. The highest BCUT2D eigenvalue weighted by atomic mass is 16.5. The van der Waals surface area contributed by atoms with Gasteiger partial charge in [-0.05, 0) is 131 Å². The van der Waals surface area contributed by atoms with Crippen LogP contribution in [0.4, 0.5) is 34.1 Å². The van der Waals surface area contributed by atoms with E-state index in [0.717, 1.165) is 73.1 Å². The second-order valence-corrected chi connectivity index (χ2v) is 14.0. The van der Waals surface area contributed by atoms with Gasteiger partial charge in [0.05, 0.1) is 31.4 Å². The second-order valence-electron chi connectivity index (χ2n) is 14.0. The first-order valence-electron chi connectivity index (χ1n) is 19.5. The first-order valence-corrected chi connectivity index (χ1v) is 19.5. The number of methoxy groups -OCH3 is 2. The molecule has 60 heavy (non-hydrogen) atoms. The van der Waals surface area contributed by atoms with Gasteiger partial charge in [0, 0.05) is 44.9 Å². The first kappa shape index (κ1) is 38.5. The molecule has 0 aromatic heterocycles. The number of benzene rings is 8. The monoisotopic (exact) mass is 776 g/mol. The normalized spacial score (nSPS) is 11.0. The lowest BCUT2D eigenvalue weighted by atomic mass is 9.93. The molecule has 288 valence electrons. The van der Waals surface area contributed by atoms with E-state index in [0.29, 0.717) is 16.7 Å². The molecular formula is C54H40N4O2. The lowest BCUT2D eigenvalue weighted by Crippen LogP contribution is -2.09. The van der Waals surface area contributed by atoms with E-state index in [1.807, 2.05) is 109 Å². The molecule has 0 aliphatic carbocycles. The Kier molecular flexibility index (Phi) is 11.5. The Balaban J connectivity index is 1.03. The molecule has 0 heterocycles. The molecular weight excluding hydrogens is 737 g/mol. The van der Waals surface area contributed by atoms with E-state index in [-0.39, 0.29) is 0 Å². The van der Waals surface area contributed by atoms with E-state index in [1.54, 1.807) is 20.3 Å². The zero-order valence-corrected chi connectivity index (χ0v) is 33.2. The van der Waals surface area contributed by atoms with E-state index in [1.165, 1.54) is 0 Å². The van der Waals surface area contributed by atoms with Gasteiger partial charge in [0.2, 0.25) is 0 Å². The highest BCUT2D eigenvalue weighted by Gasteiger charge is 2.15. The highest BCUT2D eigenvalue weighted by Crippen LogP contribution is 2.37. The summed E-state index contributed by atoms with van der Waals surface area (Å²) in [5, 5.41) is 22.1. The van der Waals surface area contributed by atoms with Crippen molar-refractivity contribution in [1.29, 1.82) is 10.5 Å². The number of ether oxygens (including phenoxy) is 2. The molecule has 8 aromatic rings. The molecule has 6 heteroatoms. The molecule has 0 saturated heterocycles. The average Bonchev–Trinajstić information content (AvgIpc) is 3.32. The molecule has 0 atom stereocenters. The third-order valence-electron chi connectivity index (χ3n) is 10.3. The van der Waals surface area contributed by atoms with Gasteiger partial charge in [-0.2, -0.15) is 10.5 Å². The number of fused-ring (bicyclic) bond motifs is 1. The second kappa shape index (κ2) is 17.9. The van der Waals surface area contributed by atoms with Crippen LogP contribution in [0.5, 0.6) is 11.5 Å². The molecule has 0 aliphatic heterocycles. The molecule has 0 spiro atoms. The van der Waals surface area contributed by atoms with Crippen molar-refractivity contribution in [2.24, 2.45) is 0 Å². The summed E-state index contributed by atoms with van der Waals surface area (Å²) in [6.45, 7) is 0. The third-order valence-corrected chi connectivity index (χ3v) is 10.3. The molecule has 0 bridgehead atoms. The van der Waals surface area contributed by atoms with Gasteiger partial charge < -0.3 is 19.3 Å². The maximum Gasteiger partial charge on any atom is 0.119 e. The van der Waals surface area contributed by atoms with Crippen molar-refractivity contribution in [2.45, 2.75) is 0 Å². The minimum Gasteiger partial charge on any atom is -0.497 e. The molecule has 6 nitrogen and oxygen atoms in total. The summed E-state index contributed by atoms with van der Waals surface area (Å²) in [4.78, 5) is 4.39. The number of nitriles is 2. The van der Waals surface area contributed by atoms with Crippen LogP contribution < -0.4 is 19.3 Å². The SMILES string of the molecule is COc1ccc(N(c2ccccc2)c2ccc(C=Cc3ccc4c(C#N)c(C=Cc5ccc(N(c6ccccc6)c6ccc(OC)cc6)cc5)cc(C#N)c4c3)cc2)cc1. The van der Waals surface area contributed by atoms with Crippen LogP contribution in [0, 0.1) is 22.7 Å².